The van der Waals surface area contributed by atoms with Gasteiger partial charge in [0.2, 0.25) is 0 Å². The van der Waals surface area contributed by atoms with Gasteiger partial charge in [-0.3, -0.25) is 4.98 Å². The van der Waals surface area contributed by atoms with Gasteiger partial charge in [0.1, 0.15) is 0 Å². The van der Waals surface area contributed by atoms with Crippen molar-refractivity contribution in [1.82, 2.24) is 11.1 Å². The molecule has 0 saturated carbocycles. The van der Waals surface area contributed by atoms with Crippen LogP contribution in [0.1, 0.15) is 110 Å². The summed E-state index contributed by atoms with van der Waals surface area (Å²) in [6.07, 6.45) is 24.1. The van der Waals surface area contributed by atoms with Crippen molar-refractivity contribution < 1.29 is 0 Å². The minimum Gasteiger partial charge on any atom is -0.344 e. The molecule has 3 N–H and O–H groups in total. The molecule has 26 heavy (non-hydrogen) atoms. The van der Waals surface area contributed by atoms with Crippen LogP contribution in [0.4, 0.5) is 0 Å². The highest BCUT2D eigenvalue weighted by atomic mass is 35.5. The van der Waals surface area contributed by atoms with Crippen LogP contribution in [0.25, 0.3) is 0 Å². The number of pyridine rings is 1. The SMILES string of the molecule is CCCCCCCCCC(Cl)CCCCCCCC.N.c1ccncc1. The Morgan fingerprint density at radius 1 is 0.615 bits per heavy atom. The van der Waals surface area contributed by atoms with Crippen LogP contribution in [-0.4, -0.2) is 10.4 Å². The molecule has 0 aromatic carbocycles. The second kappa shape index (κ2) is 24.4. The van der Waals surface area contributed by atoms with Crippen molar-refractivity contribution in [2.45, 2.75) is 116 Å². The first-order valence-electron chi connectivity index (χ1n) is 10.8. The number of alkyl halides is 1. The Bertz CT molecular complexity index is 306. The highest BCUT2D eigenvalue weighted by Gasteiger charge is 2.03. The molecule has 0 radical (unpaired) electrons. The van der Waals surface area contributed by atoms with Crippen LogP contribution < -0.4 is 6.15 Å². The number of rotatable bonds is 15. The van der Waals surface area contributed by atoms with Gasteiger partial charge in [0.05, 0.1) is 0 Å². The fourth-order valence-corrected chi connectivity index (χ4v) is 3.23. The van der Waals surface area contributed by atoms with E-state index >= 15 is 0 Å². The number of hydrogen-bond donors (Lipinski definition) is 1. The zero-order chi connectivity index (χ0) is 18.4. The lowest BCUT2D eigenvalue weighted by molar-refractivity contribution is 0.535. The lowest BCUT2D eigenvalue weighted by atomic mass is 10.0. The van der Waals surface area contributed by atoms with Crippen LogP contribution in [0.5, 0.6) is 0 Å². The third-order valence-electron chi connectivity index (χ3n) is 4.56. The Labute approximate surface area is 169 Å². The fraction of sp³-hybridized carbons (Fsp3) is 0.783. The highest BCUT2D eigenvalue weighted by Crippen LogP contribution is 2.18. The minimum absolute atomic E-state index is 0. The Kier molecular flexibility index (Phi) is 25.9. The summed E-state index contributed by atoms with van der Waals surface area (Å²) < 4.78 is 0. The molecular weight excluding hydrogens is 340 g/mol. The van der Waals surface area contributed by atoms with Gasteiger partial charge in [0, 0.05) is 17.8 Å². The van der Waals surface area contributed by atoms with E-state index in [-0.39, 0.29) is 6.15 Å². The maximum Gasteiger partial charge on any atom is 0.0336 e. The van der Waals surface area contributed by atoms with E-state index < -0.39 is 0 Å². The molecule has 2 nitrogen and oxygen atoms in total. The smallest absolute Gasteiger partial charge is 0.0336 e. The Morgan fingerprint density at radius 2 is 1.00 bits per heavy atom. The fourth-order valence-electron chi connectivity index (χ4n) is 2.93. The van der Waals surface area contributed by atoms with E-state index in [1.165, 1.54) is 96.3 Å². The van der Waals surface area contributed by atoms with Crippen molar-refractivity contribution >= 4 is 11.6 Å². The molecule has 154 valence electrons. The van der Waals surface area contributed by atoms with Crippen molar-refractivity contribution in [3.8, 4) is 0 Å². The lowest BCUT2D eigenvalue weighted by Crippen LogP contribution is -1.98. The summed E-state index contributed by atoms with van der Waals surface area (Å²) in [5.41, 5.74) is 0. The molecule has 0 amide bonds. The summed E-state index contributed by atoms with van der Waals surface area (Å²) in [6, 6.07) is 5.72. The first-order chi connectivity index (χ1) is 12.3. The zero-order valence-corrected chi connectivity index (χ0v) is 18.4. The molecule has 1 atom stereocenters. The van der Waals surface area contributed by atoms with Gasteiger partial charge in [-0.25, -0.2) is 0 Å². The normalized spacial score (nSPS) is 11.2. The van der Waals surface area contributed by atoms with E-state index in [0.29, 0.717) is 5.38 Å². The largest absolute Gasteiger partial charge is 0.344 e. The summed E-state index contributed by atoms with van der Waals surface area (Å²) in [5, 5.41) is 0.446. The van der Waals surface area contributed by atoms with Gasteiger partial charge in [-0.05, 0) is 25.0 Å². The van der Waals surface area contributed by atoms with Crippen molar-refractivity contribution in [3.05, 3.63) is 30.6 Å². The molecule has 1 aromatic heterocycles. The van der Waals surface area contributed by atoms with Crippen molar-refractivity contribution in [2.75, 3.05) is 0 Å². The maximum absolute atomic E-state index is 6.38. The molecule has 0 aliphatic carbocycles. The molecule has 0 aliphatic heterocycles. The van der Waals surface area contributed by atoms with Crippen molar-refractivity contribution in [2.24, 2.45) is 0 Å². The summed E-state index contributed by atoms with van der Waals surface area (Å²) in [5.74, 6) is 0. The molecule has 1 unspecified atom stereocenters. The molecule has 0 fully saturated rings. The number of nitrogens with zero attached hydrogens (tertiary/aromatic N) is 1. The topological polar surface area (TPSA) is 47.9 Å². The van der Waals surface area contributed by atoms with Crippen LogP contribution >= 0.6 is 11.6 Å². The summed E-state index contributed by atoms with van der Waals surface area (Å²) in [7, 11) is 0. The first kappa shape index (κ1) is 27.6. The van der Waals surface area contributed by atoms with Crippen LogP contribution in [0.3, 0.4) is 0 Å². The van der Waals surface area contributed by atoms with Crippen LogP contribution in [0.2, 0.25) is 0 Å². The van der Waals surface area contributed by atoms with Crippen LogP contribution in [0, 0.1) is 0 Å². The predicted molar refractivity (Wildman–Crippen MR) is 120 cm³/mol. The van der Waals surface area contributed by atoms with Gasteiger partial charge >= 0.3 is 0 Å². The quantitative estimate of drug-likeness (QED) is 0.242. The maximum atomic E-state index is 6.38. The van der Waals surface area contributed by atoms with Crippen molar-refractivity contribution in [1.29, 1.82) is 0 Å². The van der Waals surface area contributed by atoms with Gasteiger partial charge in [-0.15, -0.1) is 11.6 Å². The highest BCUT2D eigenvalue weighted by molar-refractivity contribution is 6.20. The summed E-state index contributed by atoms with van der Waals surface area (Å²) in [4.78, 5) is 3.78. The molecule has 1 heterocycles. The number of aromatic nitrogens is 1. The molecule has 1 aromatic rings. The molecule has 3 heteroatoms. The van der Waals surface area contributed by atoms with E-state index in [1.807, 2.05) is 18.2 Å². The predicted octanol–water partition coefficient (Wildman–Crippen LogP) is 8.73. The number of halogens is 1. The molecular formula is C23H45ClN2. The molecule has 0 spiro atoms. The average molecular weight is 385 g/mol. The van der Waals surface area contributed by atoms with Crippen LogP contribution in [0.15, 0.2) is 30.6 Å². The minimum atomic E-state index is 0. The average Bonchev–Trinajstić information content (AvgIpc) is 2.66. The second-order valence-corrected chi connectivity index (χ2v) is 7.71. The van der Waals surface area contributed by atoms with Crippen LogP contribution in [-0.2, 0) is 0 Å². The van der Waals surface area contributed by atoms with E-state index in [0.717, 1.165) is 0 Å². The molecule has 0 bridgehead atoms. The van der Waals surface area contributed by atoms with Gasteiger partial charge in [0.15, 0.2) is 0 Å². The third kappa shape index (κ3) is 23.4. The Balaban J connectivity index is 0. The monoisotopic (exact) mass is 384 g/mol. The standard InChI is InChI=1S/C18H37Cl.C5H5N.H3N/c1-3-5-7-9-11-13-15-17-18(19)16-14-12-10-8-6-4-2;1-2-4-6-5-3-1;/h18H,3-17H2,1-2H3;1-5H;1H3. The molecule has 1 rings (SSSR count). The van der Waals surface area contributed by atoms with Crippen molar-refractivity contribution in [3.63, 3.8) is 0 Å². The van der Waals surface area contributed by atoms with Gasteiger partial charge < -0.3 is 6.15 Å². The van der Waals surface area contributed by atoms with E-state index in [1.54, 1.807) is 12.4 Å². The Hall–Kier alpha value is -0.600. The lowest BCUT2D eigenvalue weighted by Gasteiger charge is -2.09. The van der Waals surface area contributed by atoms with E-state index in [4.69, 9.17) is 11.6 Å². The molecule has 0 aliphatic rings. The summed E-state index contributed by atoms with van der Waals surface area (Å²) >= 11 is 6.38. The third-order valence-corrected chi connectivity index (χ3v) is 4.99. The van der Waals surface area contributed by atoms with Gasteiger partial charge in [0.25, 0.3) is 0 Å². The zero-order valence-electron chi connectivity index (χ0n) is 17.6. The van der Waals surface area contributed by atoms with Gasteiger partial charge in [-0.2, -0.15) is 0 Å². The number of hydrogen-bond acceptors (Lipinski definition) is 2. The summed E-state index contributed by atoms with van der Waals surface area (Å²) in [6.45, 7) is 4.55. The Morgan fingerprint density at radius 3 is 1.31 bits per heavy atom. The van der Waals surface area contributed by atoms with E-state index in [9.17, 15) is 0 Å². The van der Waals surface area contributed by atoms with E-state index in [2.05, 4.69) is 18.8 Å². The second-order valence-electron chi connectivity index (χ2n) is 7.09. The van der Waals surface area contributed by atoms with Gasteiger partial charge in [-0.1, -0.05) is 103 Å². The first-order valence-corrected chi connectivity index (χ1v) is 11.2. The number of unbranched alkanes of at least 4 members (excludes halogenated alkanes) is 11. The molecule has 0 saturated heterocycles.